The summed E-state index contributed by atoms with van der Waals surface area (Å²) in [4.78, 5) is 37.7. The number of carbonyl (C=O) groups is 1. The second-order valence-corrected chi connectivity index (χ2v) is 6.94. The monoisotopic (exact) mass is 386 g/mol. The molecule has 0 atom stereocenters. The van der Waals surface area contributed by atoms with Gasteiger partial charge >= 0.3 is 5.88 Å². The summed E-state index contributed by atoms with van der Waals surface area (Å²) < 4.78 is 5.02. The van der Waals surface area contributed by atoms with Gasteiger partial charge in [-0.2, -0.15) is 4.98 Å². The highest BCUT2D eigenvalue weighted by molar-refractivity contribution is 5.92. The molecule has 10 heteroatoms. The zero-order chi connectivity index (χ0) is 19.5. The first kappa shape index (κ1) is 18.2. The van der Waals surface area contributed by atoms with Crippen molar-refractivity contribution in [3.05, 3.63) is 40.3 Å². The molecule has 2 fully saturated rings. The first-order valence-corrected chi connectivity index (χ1v) is 9.48. The van der Waals surface area contributed by atoms with Gasteiger partial charge in [0.05, 0.1) is 6.07 Å². The number of carbonyl (C=O) groups excluding carboxylic acids is 1. The van der Waals surface area contributed by atoms with Crippen molar-refractivity contribution in [2.75, 3.05) is 49.1 Å². The third-order valence-corrected chi connectivity index (χ3v) is 5.14. The van der Waals surface area contributed by atoms with Crippen LogP contribution in [-0.2, 0) is 0 Å². The van der Waals surface area contributed by atoms with Gasteiger partial charge in [-0.05, 0) is 31.4 Å². The van der Waals surface area contributed by atoms with E-state index in [2.05, 4.69) is 14.8 Å². The lowest BCUT2D eigenvalue weighted by Crippen LogP contribution is -2.49. The van der Waals surface area contributed by atoms with Crippen LogP contribution in [0.4, 0.5) is 17.7 Å². The highest BCUT2D eigenvalue weighted by Gasteiger charge is 2.27. The van der Waals surface area contributed by atoms with Crippen LogP contribution < -0.4 is 9.80 Å². The standard InChI is InChI=1S/C18H22N6O4/c25-17(14-4-5-16(28-14)24(26)27)22-12-10-21(11-13-22)15-6-7-19-18(20-15)23-8-2-1-3-9-23/h4-7H,1-3,8-13H2. The number of piperazine rings is 1. The van der Waals surface area contributed by atoms with Gasteiger partial charge in [-0.3, -0.25) is 14.9 Å². The molecule has 1 amide bonds. The van der Waals surface area contributed by atoms with E-state index in [9.17, 15) is 14.9 Å². The molecule has 0 N–H and O–H groups in total. The lowest BCUT2D eigenvalue weighted by atomic mass is 10.1. The third kappa shape index (κ3) is 3.75. The fourth-order valence-corrected chi connectivity index (χ4v) is 3.60. The van der Waals surface area contributed by atoms with E-state index in [0.717, 1.165) is 24.9 Å². The van der Waals surface area contributed by atoms with Crippen LogP contribution in [-0.4, -0.2) is 65.0 Å². The highest BCUT2D eigenvalue weighted by Crippen LogP contribution is 2.21. The molecule has 148 valence electrons. The fourth-order valence-electron chi connectivity index (χ4n) is 3.60. The molecule has 4 rings (SSSR count). The molecular formula is C18H22N6O4. The van der Waals surface area contributed by atoms with Crippen molar-refractivity contribution in [3.8, 4) is 0 Å². The maximum Gasteiger partial charge on any atom is 0.433 e. The van der Waals surface area contributed by atoms with E-state index in [1.807, 2.05) is 6.07 Å². The Morgan fingerprint density at radius 1 is 1.00 bits per heavy atom. The second kappa shape index (κ2) is 7.83. The molecule has 0 saturated carbocycles. The number of anilines is 2. The number of nitrogens with zero attached hydrogens (tertiary/aromatic N) is 6. The van der Waals surface area contributed by atoms with Crippen molar-refractivity contribution < 1.29 is 14.1 Å². The van der Waals surface area contributed by atoms with E-state index in [0.29, 0.717) is 26.2 Å². The van der Waals surface area contributed by atoms with Gasteiger partial charge < -0.3 is 19.1 Å². The first-order valence-electron chi connectivity index (χ1n) is 9.48. The summed E-state index contributed by atoms with van der Waals surface area (Å²) in [5, 5.41) is 10.7. The Balaban J connectivity index is 1.38. The topological polar surface area (TPSA) is 109 Å². The molecule has 2 aromatic rings. The zero-order valence-electron chi connectivity index (χ0n) is 15.5. The molecule has 2 aliphatic heterocycles. The fraction of sp³-hybridized carbons (Fsp3) is 0.500. The Morgan fingerprint density at radius 3 is 2.43 bits per heavy atom. The number of rotatable bonds is 4. The van der Waals surface area contributed by atoms with Crippen LogP contribution >= 0.6 is 0 Å². The minimum absolute atomic E-state index is 0.00503. The second-order valence-electron chi connectivity index (χ2n) is 6.94. The maximum absolute atomic E-state index is 12.5. The van der Waals surface area contributed by atoms with Crippen LogP contribution in [0.2, 0.25) is 0 Å². The van der Waals surface area contributed by atoms with Crippen molar-refractivity contribution in [1.82, 2.24) is 14.9 Å². The van der Waals surface area contributed by atoms with Crippen molar-refractivity contribution >= 4 is 23.6 Å². The van der Waals surface area contributed by atoms with Crippen LogP contribution in [0.5, 0.6) is 0 Å². The van der Waals surface area contributed by atoms with Gasteiger partial charge in [0, 0.05) is 45.5 Å². The number of hydrogen-bond acceptors (Lipinski definition) is 8. The smallest absolute Gasteiger partial charge is 0.395 e. The molecule has 0 spiro atoms. The first-order chi connectivity index (χ1) is 13.6. The zero-order valence-corrected chi connectivity index (χ0v) is 15.5. The SMILES string of the molecule is O=C(c1ccc([N+](=O)[O-])o1)N1CCN(c2ccnc(N3CCCCC3)n2)CC1. The van der Waals surface area contributed by atoms with E-state index < -0.39 is 10.8 Å². The number of furan rings is 1. The summed E-state index contributed by atoms with van der Waals surface area (Å²) in [5.74, 6) is 0.863. The molecule has 0 unspecified atom stereocenters. The molecule has 2 aliphatic rings. The number of amides is 1. The van der Waals surface area contributed by atoms with Gasteiger partial charge in [-0.1, -0.05) is 0 Å². The van der Waals surface area contributed by atoms with E-state index >= 15 is 0 Å². The average Bonchev–Trinajstić information content (AvgIpc) is 3.25. The predicted octanol–water partition coefficient (Wildman–Crippen LogP) is 1.93. The molecule has 2 aromatic heterocycles. The van der Waals surface area contributed by atoms with Crippen LogP contribution in [0.1, 0.15) is 29.8 Å². The van der Waals surface area contributed by atoms with Crippen molar-refractivity contribution in [1.29, 1.82) is 0 Å². The Hall–Kier alpha value is -3.17. The summed E-state index contributed by atoms with van der Waals surface area (Å²) in [6, 6.07) is 4.44. The van der Waals surface area contributed by atoms with Crippen LogP contribution in [0.3, 0.4) is 0 Å². The Bertz CT molecular complexity index is 855. The molecule has 28 heavy (non-hydrogen) atoms. The van der Waals surface area contributed by atoms with Crippen molar-refractivity contribution in [2.45, 2.75) is 19.3 Å². The Morgan fingerprint density at radius 2 is 1.75 bits per heavy atom. The molecule has 4 heterocycles. The molecule has 0 aliphatic carbocycles. The van der Waals surface area contributed by atoms with Crippen molar-refractivity contribution in [3.63, 3.8) is 0 Å². The molecule has 2 saturated heterocycles. The number of piperidine rings is 1. The summed E-state index contributed by atoms with van der Waals surface area (Å²) >= 11 is 0. The van der Waals surface area contributed by atoms with Gasteiger partial charge in [0.15, 0.2) is 5.76 Å². The molecule has 0 aromatic carbocycles. The molecule has 0 radical (unpaired) electrons. The maximum atomic E-state index is 12.5. The van der Waals surface area contributed by atoms with Crippen LogP contribution in [0, 0.1) is 10.1 Å². The Kier molecular flexibility index (Phi) is 5.09. The third-order valence-electron chi connectivity index (χ3n) is 5.14. The Labute approximate surface area is 161 Å². The molecule has 0 bridgehead atoms. The largest absolute Gasteiger partial charge is 0.433 e. The number of nitro groups is 1. The highest BCUT2D eigenvalue weighted by atomic mass is 16.6. The summed E-state index contributed by atoms with van der Waals surface area (Å²) in [6.07, 6.45) is 5.37. The molecular weight excluding hydrogens is 364 g/mol. The van der Waals surface area contributed by atoms with Crippen molar-refractivity contribution in [2.24, 2.45) is 0 Å². The number of aromatic nitrogens is 2. The quantitative estimate of drug-likeness (QED) is 0.579. The number of hydrogen-bond donors (Lipinski definition) is 0. The van der Waals surface area contributed by atoms with E-state index in [-0.39, 0.29) is 11.7 Å². The summed E-state index contributed by atoms with van der Waals surface area (Å²) in [6.45, 7) is 4.23. The summed E-state index contributed by atoms with van der Waals surface area (Å²) in [5.41, 5.74) is 0. The lowest BCUT2D eigenvalue weighted by molar-refractivity contribution is -0.402. The van der Waals surface area contributed by atoms with Crippen LogP contribution in [0.25, 0.3) is 0 Å². The average molecular weight is 386 g/mol. The van der Waals surface area contributed by atoms with Gasteiger partial charge in [-0.15, -0.1) is 0 Å². The minimum atomic E-state index is -0.649. The lowest BCUT2D eigenvalue weighted by Gasteiger charge is -2.35. The van der Waals surface area contributed by atoms with Gasteiger partial charge in [-0.25, -0.2) is 4.98 Å². The molecule has 10 nitrogen and oxygen atoms in total. The van der Waals surface area contributed by atoms with E-state index in [1.54, 1.807) is 11.1 Å². The normalized spacial score (nSPS) is 17.6. The van der Waals surface area contributed by atoms with E-state index in [1.165, 1.54) is 31.4 Å². The minimum Gasteiger partial charge on any atom is -0.395 e. The predicted molar refractivity (Wildman–Crippen MR) is 102 cm³/mol. The summed E-state index contributed by atoms with van der Waals surface area (Å²) in [7, 11) is 0. The van der Waals surface area contributed by atoms with Gasteiger partial charge in [0.2, 0.25) is 5.95 Å². The van der Waals surface area contributed by atoms with Gasteiger partial charge in [0.1, 0.15) is 10.7 Å². The van der Waals surface area contributed by atoms with Gasteiger partial charge in [0.25, 0.3) is 5.91 Å². The van der Waals surface area contributed by atoms with E-state index in [4.69, 9.17) is 9.40 Å². The van der Waals surface area contributed by atoms with Crippen LogP contribution in [0.15, 0.2) is 28.8 Å².